The number of hydrogen-bond acceptors (Lipinski definition) is 6. The van der Waals surface area contributed by atoms with Gasteiger partial charge in [-0.2, -0.15) is 0 Å². The lowest BCUT2D eigenvalue weighted by atomic mass is 9.86. The van der Waals surface area contributed by atoms with Gasteiger partial charge in [-0.25, -0.2) is 0 Å². The maximum atomic E-state index is 12.8. The molecule has 2 aliphatic heterocycles. The Morgan fingerprint density at radius 3 is 2.53 bits per heavy atom. The first-order valence-electron chi connectivity index (χ1n) is 13.8. The third-order valence-electron chi connectivity index (χ3n) is 8.82. The number of methoxy groups -OCH3 is 1. The number of anilines is 1. The van der Waals surface area contributed by atoms with E-state index in [0.717, 1.165) is 69.3 Å². The molecule has 8 nitrogen and oxygen atoms in total. The molecular weight excluding hydrogens is 456 g/mol. The Hall–Kier alpha value is -2.61. The van der Waals surface area contributed by atoms with Gasteiger partial charge < -0.3 is 15.0 Å². The fourth-order valence-electron chi connectivity index (χ4n) is 6.86. The van der Waals surface area contributed by atoms with Gasteiger partial charge in [0, 0.05) is 39.1 Å². The minimum absolute atomic E-state index is 0.0622. The summed E-state index contributed by atoms with van der Waals surface area (Å²) in [6, 6.07) is 7.46. The van der Waals surface area contributed by atoms with Gasteiger partial charge in [-0.1, -0.05) is 18.6 Å². The number of amides is 3. The molecule has 1 aromatic rings. The minimum atomic E-state index is -0.674. The van der Waals surface area contributed by atoms with Gasteiger partial charge in [-0.15, -0.1) is 0 Å². The maximum Gasteiger partial charge on any atom is 0.252 e. The molecule has 0 radical (unpaired) electrons. The van der Waals surface area contributed by atoms with E-state index in [-0.39, 0.29) is 24.1 Å². The molecule has 4 fully saturated rings. The lowest BCUT2D eigenvalue weighted by Crippen LogP contribution is -2.46. The average Bonchev–Trinajstić information content (AvgIpc) is 3.58. The van der Waals surface area contributed by atoms with E-state index < -0.39 is 6.04 Å². The number of rotatable bonds is 10. The van der Waals surface area contributed by atoms with Crippen molar-refractivity contribution in [3.05, 3.63) is 24.3 Å². The fraction of sp³-hybridized carbons (Fsp3) is 0.679. The molecule has 8 heteroatoms. The zero-order valence-electron chi connectivity index (χ0n) is 21.5. The summed E-state index contributed by atoms with van der Waals surface area (Å²) in [5, 5.41) is 2.87. The lowest BCUT2D eigenvalue weighted by Gasteiger charge is -2.36. The number of likely N-dealkylation sites (tertiary alicyclic amines) is 1. The summed E-state index contributed by atoms with van der Waals surface area (Å²) in [5.41, 5.74) is 1.14. The first-order valence-corrected chi connectivity index (χ1v) is 13.8. The number of piperazine rings is 1. The van der Waals surface area contributed by atoms with E-state index in [9.17, 15) is 14.4 Å². The standard InChI is InChI=1S/C28H40N4O4/c1-36-25-7-3-2-6-24(25)31-14-12-30(13-15-31)10-4-5-11-32-27(34)19-23(28(32)35)29-26(33)18-22-17-20-8-9-21(22)16-20/h2-3,6-7,20-23H,4-5,8-19H2,1H3,(H,29,33)/t20?,21?,22?,23-/m1/s1. The molecule has 1 N–H and O–H groups in total. The molecule has 0 spiro atoms. The first-order chi connectivity index (χ1) is 17.5. The molecule has 4 atom stereocenters. The van der Waals surface area contributed by atoms with Gasteiger partial charge in [0.2, 0.25) is 11.8 Å². The number of carbonyl (C=O) groups is 3. The van der Waals surface area contributed by atoms with E-state index in [1.54, 1.807) is 7.11 Å². The molecule has 2 saturated heterocycles. The molecule has 2 bridgehead atoms. The molecule has 0 aromatic heterocycles. The van der Waals surface area contributed by atoms with Crippen LogP contribution in [-0.2, 0) is 14.4 Å². The van der Waals surface area contributed by atoms with Gasteiger partial charge in [0.25, 0.3) is 5.91 Å². The molecule has 2 heterocycles. The van der Waals surface area contributed by atoms with Crippen LogP contribution in [0.15, 0.2) is 24.3 Å². The number of unbranched alkanes of at least 4 members (excludes halogenated alkanes) is 1. The number of ether oxygens (including phenoxy) is 1. The number of fused-ring (bicyclic) bond motifs is 2. The predicted octanol–water partition coefficient (Wildman–Crippen LogP) is 2.67. The third-order valence-corrected chi connectivity index (χ3v) is 8.82. The number of imide groups is 1. The van der Waals surface area contributed by atoms with Crippen LogP contribution in [0.25, 0.3) is 0 Å². The van der Waals surface area contributed by atoms with Crippen molar-refractivity contribution in [1.82, 2.24) is 15.1 Å². The van der Waals surface area contributed by atoms with Crippen LogP contribution in [0.2, 0.25) is 0 Å². The van der Waals surface area contributed by atoms with Crippen molar-refractivity contribution in [3.63, 3.8) is 0 Å². The predicted molar refractivity (Wildman–Crippen MR) is 138 cm³/mol. The van der Waals surface area contributed by atoms with E-state index in [0.29, 0.717) is 24.8 Å². The topological polar surface area (TPSA) is 82.2 Å². The van der Waals surface area contributed by atoms with E-state index in [4.69, 9.17) is 4.74 Å². The molecule has 196 valence electrons. The van der Waals surface area contributed by atoms with Gasteiger partial charge in [0.05, 0.1) is 19.2 Å². The van der Waals surface area contributed by atoms with Gasteiger partial charge in [-0.05, 0) is 68.5 Å². The number of hydrogen-bond donors (Lipinski definition) is 1. The smallest absolute Gasteiger partial charge is 0.252 e. The van der Waals surface area contributed by atoms with E-state index in [1.165, 1.54) is 24.2 Å². The lowest BCUT2D eigenvalue weighted by molar-refractivity contribution is -0.139. The monoisotopic (exact) mass is 496 g/mol. The largest absolute Gasteiger partial charge is 0.495 e. The summed E-state index contributed by atoms with van der Waals surface area (Å²) < 4.78 is 5.50. The molecule has 1 aromatic carbocycles. The summed E-state index contributed by atoms with van der Waals surface area (Å²) in [6.07, 6.45) is 7.31. The SMILES string of the molecule is COc1ccccc1N1CCN(CCCCN2C(=O)C[C@@H](NC(=O)CC3CC4CCC3C4)C2=O)CC1. The Morgan fingerprint density at radius 1 is 1.03 bits per heavy atom. The second-order valence-corrected chi connectivity index (χ2v) is 11.1. The summed E-state index contributed by atoms with van der Waals surface area (Å²) in [7, 11) is 1.71. The zero-order valence-corrected chi connectivity index (χ0v) is 21.5. The number of benzene rings is 1. The highest BCUT2D eigenvalue weighted by molar-refractivity contribution is 6.06. The average molecular weight is 497 g/mol. The van der Waals surface area contributed by atoms with Crippen molar-refractivity contribution < 1.29 is 19.1 Å². The van der Waals surface area contributed by atoms with E-state index in [2.05, 4.69) is 21.2 Å². The summed E-state index contributed by atoms with van der Waals surface area (Å²) in [6.45, 7) is 5.27. The van der Waals surface area contributed by atoms with Gasteiger partial charge in [0.1, 0.15) is 11.8 Å². The molecule has 3 unspecified atom stereocenters. The Bertz CT molecular complexity index is 961. The van der Waals surface area contributed by atoms with Crippen LogP contribution in [-0.4, -0.2) is 79.9 Å². The maximum absolute atomic E-state index is 12.8. The minimum Gasteiger partial charge on any atom is -0.495 e. The number of nitrogens with zero attached hydrogens (tertiary/aromatic N) is 3. The number of carbonyl (C=O) groups excluding carboxylic acids is 3. The molecule has 5 rings (SSSR count). The van der Waals surface area contributed by atoms with Gasteiger partial charge >= 0.3 is 0 Å². The summed E-state index contributed by atoms with van der Waals surface area (Å²) in [4.78, 5) is 44.0. The molecule has 2 saturated carbocycles. The van der Waals surface area contributed by atoms with Crippen molar-refractivity contribution in [2.75, 3.05) is 51.3 Å². The molecule has 4 aliphatic rings. The van der Waals surface area contributed by atoms with E-state index >= 15 is 0 Å². The normalized spacial score (nSPS) is 28.2. The number of nitrogens with one attached hydrogen (secondary N) is 1. The summed E-state index contributed by atoms with van der Waals surface area (Å²) >= 11 is 0. The Balaban J connectivity index is 0.997. The second-order valence-electron chi connectivity index (χ2n) is 11.1. The van der Waals surface area contributed by atoms with Crippen LogP contribution in [0.3, 0.4) is 0 Å². The van der Waals surface area contributed by atoms with Crippen molar-refractivity contribution in [2.24, 2.45) is 17.8 Å². The van der Waals surface area contributed by atoms with Crippen LogP contribution in [0.5, 0.6) is 5.75 Å². The quantitative estimate of drug-likeness (QED) is 0.396. The van der Waals surface area contributed by atoms with Crippen LogP contribution >= 0.6 is 0 Å². The van der Waals surface area contributed by atoms with Crippen molar-refractivity contribution in [2.45, 2.75) is 57.4 Å². The molecule has 36 heavy (non-hydrogen) atoms. The Kier molecular flexibility index (Phi) is 7.79. The third kappa shape index (κ3) is 5.53. The zero-order chi connectivity index (χ0) is 25.1. The van der Waals surface area contributed by atoms with Gasteiger partial charge in [0.15, 0.2) is 0 Å². The van der Waals surface area contributed by atoms with Crippen molar-refractivity contribution in [1.29, 1.82) is 0 Å². The fourth-order valence-corrected chi connectivity index (χ4v) is 6.86. The molecular formula is C28H40N4O4. The highest BCUT2D eigenvalue weighted by Gasteiger charge is 2.42. The highest BCUT2D eigenvalue weighted by Crippen LogP contribution is 2.49. The van der Waals surface area contributed by atoms with Crippen LogP contribution in [0.1, 0.15) is 51.4 Å². The van der Waals surface area contributed by atoms with Crippen LogP contribution in [0, 0.1) is 17.8 Å². The Morgan fingerprint density at radius 2 is 1.81 bits per heavy atom. The van der Waals surface area contributed by atoms with Crippen molar-refractivity contribution in [3.8, 4) is 5.75 Å². The van der Waals surface area contributed by atoms with E-state index in [1.807, 2.05) is 18.2 Å². The molecule has 2 aliphatic carbocycles. The van der Waals surface area contributed by atoms with Crippen LogP contribution < -0.4 is 15.0 Å². The highest BCUT2D eigenvalue weighted by atomic mass is 16.5. The number of para-hydroxylation sites is 2. The molecule has 3 amide bonds. The second kappa shape index (κ2) is 11.2. The van der Waals surface area contributed by atoms with Crippen LogP contribution in [0.4, 0.5) is 5.69 Å². The van der Waals surface area contributed by atoms with Crippen molar-refractivity contribution >= 4 is 23.4 Å². The Labute approximate surface area is 214 Å². The van der Waals surface area contributed by atoms with Gasteiger partial charge in [-0.3, -0.25) is 24.2 Å². The summed E-state index contributed by atoms with van der Waals surface area (Å²) in [5.74, 6) is 2.40. The first kappa shape index (κ1) is 25.1.